The van der Waals surface area contributed by atoms with Crippen LogP contribution in [-0.2, 0) is 14.3 Å². The van der Waals surface area contributed by atoms with Gasteiger partial charge in [-0.3, -0.25) is 10.1 Å². The summed E-state index contributed by atoms with van der Waals surface area (Å²) in [6.45, 7) is 0. The van der Waals surface area contributed by atoms with Crippen molar-refractivity contribution in [2.24, 2.45) is 5.22 Å². The predicted octanol–water partition coefficient (Wildman–Crippen LogP) is 1.10. The molecule has 0 radical (unpaired) electrons. The quantitative estimate of drug-likeness (QED) is 0.154. The second-order valence-electron chi connectivity index (χ2n) is 4.13. The number of non-ortho nitro benzene ring substituents is 1. The zero-order valence-corrected chi connectivity index (χ0v) is 10.8. The summed E-state index contributed by atoms with van der Waals surface area (Å²) in [5.74, 6) is -2.78. The third-order valence-corrected chi connectivity index (χ3v) is 2.75. The lowest BCUT2D eigenvalue weighted by atomic mass is 10.2. The van der Waals surface area contributed by atoms with E-state index in [1.165, 1.54) is 18.2 Å². The molecular weight excluding hydrogens is 298 g/mol. The molecule has 1 aliphatic rings. The molecule has 0 aromatic heterocycles. The minimum absolute atomic E-state index is 0.142. The molecular formula is C11H7N5O6. The normalized spacial score (nSPS) is 17.1. The van der Waals surface area contributed by atoms with E-state index < -0.39 is 35.2 Å². The number of amides is 2. The highest BCUT2D eigenvalue weighted by atomic mass is 16.6. The van der Waals surface area contributed by atoms with Gasteiger partial charge in [-0.1, -0.05) is 6.07 Å². The van der Waals surface area contributed by atoms with Gasteiger partial charge in [-0.25, -0.2) is 14.4 Å². The van der Waals surface area contributed by atoms with Gasteiger partial charge in [0.2, 0.25) is 6.10 Å². The number of azide groups is 1. The number of imide groups is 1. The van der Waals surface area contributed by atoms with E-state index in [0.717, 1.165) is 6.07 Å². The first-order chi connectivity index (χ1) is 10.4. The van der Waals surface area contributed by atoms with Gasteiger partial charge in [0.15, 0.2) is 0 Å². The van der Waals surface area contributed by atoms with Gasteiger partial charge in [-0.05, 0) is 11.3 Å². The van der Waals surface area contributed by atoms with E-state index in [4.69, 9.17) is 10.3 Å². The average Bonchev–Trinajstić information content (AvgIpc) is 2.75. The van der Waals surface area contributed by atoms with Crippen LogP contribution in [0.1, 0.15) is 16.8 Å². The summed E-state index contributed by atoms with van der Waals surface area (Å²) in [4.78, 5) is 47.2. The van der Waals surface area contributed by atoms with Crippen LogP contribution in [-0.4, -0.2) is 33.8 Å². The van der Waals surface area contributed by atoms with E-state index in [1.54, 1.807) is 0 Å². The summed E-state index contributed by atoms with van der Waals surface area (Å²) in [6.07, 6.45) is -1.89. The minimum atomic E-state index is -1.43. The molecule has 1 atom stereocenters. The van der Waals surface area contributed by atoms with Gasteiger partial charge in [0, 0.05) is 12.1 Å². The molecule has 11 heteroatoms. The van der Waals surface area contributed by atoms with Gasteiger partial charge in [-0.15, -0.1) is 10.5 Å². The van der Waals surface area contributed by atoms with E-state index in [2.05, 4.69) is 10.1 Å². The first-order valence-corrected chi connectivity index (χ1v) is 5.81. The van der Waals surface area contributed by atoms with Crippen molar-refractivity contribution in [3.8, 4) is 0 Å². The molecule has 11 nitrogen and oxygen atoms in total. The number of nitro benzene ring substituents is 1. The molecule has 22 heavy (non-hydrogen) atoms. The molecule has 0 aliphatic carbocycles. The zero-order chi connectivity index (χ0) is 16.3. The molecule has 0 saturated carbocycles. The number of hydrogen-bond acceptors (Lipinski definition) is 7. The number of esters is 1. The van der Waals surface area contributed by atoms with Crippen molar-refractivity contribution < 1.29 is 24.0 Å². The highest BCUT2D eigenvalue weighted by Crippen LogP contribution is 2.20. The molecule has 1 aromatic carbocycles. The molecule has 0 N–H and O–H groups in total. The zero-order valence-electron chi connectivity index (χ0n) is 10.8. The first kappa shape index (κ1) is 14.9. The SMILES string of the molecule is [N-]=[N+]=NN1C(=O)CC(OC(=O)c2cccc([N+](=O)[O-])c2)C1=O. The molecule has 112 valence electrons. The fourth-order valence-electron chi connectivity index (χ4n) is 1.76. The average molecular weight is 305 g/mol. The topological polar surface area (TPSA) is 156 Å². The van der Waals surface area contributed by atoms with Crippen LogP contribution in [0, 0.1) is 10.1 Å². The van der Waals surface area contributed by atoms with Crippen molar-refractivity contribution in [2.75, 3.05) is 0 Å². The third-order valence-electron chi connectivity index (χ3n) is 2.75. The summed E-state index contributed by atoms with van der Waals surface area (Å²) in [7, 11) is 0. The number of rotatable bonds is 4. The second kappa shape index (κ2) is 5.89. The molecule has 1 aromatic rings. The molecule has 1 heterocycles. The van der Waals surface area contributed by atoms with Crippen LogP contribution in [0.2, 0.25) is 0 Å². The Balaban J connectivity index is 2.14. The molecule has 1 fully saturated rings. The second-order valence-corrected chi connectivity index (χ2v) is 4.13. The lowest BCUT2D eigenvalue weighted by molar-refractivity contribution is -0.384. The van der Waals surface area contributed by atoms with Gasteiger partial charge in [0.25, 0.3) is 5.69 Å². The van der Waals surface area contributed by atoms with Crippen LogP contribution >= 0.6 is 0 Å². The summed E-state index contributed by atoms with van der Waals surface area (Å²) < 4.78 is 4.83. The van der Waals surface area contributed by atoms with Gasteiger partial charge >= 0.3 is 17.8 Å². The van der Waals surface area contributed by atoms with E-state index in [-0.39, 0.29) is 16.3 Å². The van der Waals surface area contributed by atoms with Crippen molar-refractivity contribution in [3.63, 3.8) is 0 Å². The summed E-state index contributed by atoms with van der Waals surface area (Å²) >= 11 is 0. The lowest BCUT2D eigenvalue weighted by Crippen LogP contribution is -2.29. The Kier molecular flexibility index (Phi) is 4.00. The fourth-order valence-corrected chi connectivity index (χ4v) is 1.76. The van der Waals surface area contributed by atoms with Crippen LogP contribution in [0.3, 0.4) is 0 Å². The van der Waals surface area contributed by atoms with Crippen LogP contribution in [0.5, 0.6) is 0 Å². The molecule has 0 bridgehead atoms. The van der Waals surface area contributed by atoms with Crippen molar-refractivity contribution in [1.29, 1.82) is 0 Å². The van der Waals surface area contributed by atoms with E-state index >= 15 is 0 Å². The van der Waals surface area contributed by atoms with Crippen LogP contribution in [0.15, 0.2) is 29.5 Å². The predicted molar refractivity (Wildman–Crippen MR) is 67.9 cm³/mol. The standard InChI is InChI=1S/C11H7N5O6/c12-13-14-15-9(17)5-8(10(15)18)22-11(19)6-2-1-3-7(4-6)16(20)21/h1-4,8H,5H2. The van der Waals surface area contributed by atoms with Crippen LogP contribution < -0.4 is 0 Å². The first-order valence-electron chi connectivity index (χ1n) is 5.81. The molecule has 1 aliphatic heterocycles. The Bertz CT molecular complexity index is 725. The van der Waals surface area contributed by atoms with Crippen LogP contribution in [0.4, 0.5) is 5.69 Å². The maximum atomic E-state index is 11.9. The largest absolute Gasteiger partial charge is 0.445 e. The van der Waals surface area contributed by atoms with Gasteiger partial charge < -0.3 is 4.74 Å². The molecule has 0 spiro atoms. The fraction of sp³-hybridized carbons (Fsp3) is 0.182. The number of ether oxygens (including phenoxy) is 1. The summed E-state index contributed by atoms with van der Waals surface area (Å²) in [5.41, 5.74) is 7.77. The third kappa shape index (κ3) is 2.83. The van der Waals surface area contributed by atoms with Crippen molar-refractivity contribution >= 4 is 23.5 Å². The molecule has 2 rings (SSSR count). The van der Waals surface area contributed by atoms with Gasteiger partial charge in [0.1, 0.15) is 0 Å². The number of benzene rings is 1. The summed E-state index contributed by atoms with van der Waals surface area (Å²) in [6, 6.07) is 4.71. The van der Waals surface area contributed by atoms with E-state index in [0.29, 0.717) is 0 Å². The number of carbonyl (C=O) groups excluding carboxylic acids is 3. The van der Waals surface area contributed by atoms with Crippen LogP contribution in [0.25, 0.3) is 10.4 Å². The lowest BCUT2D eigenvalue weighted by Gasteiger charge is -2.07. The van der Waals surface area contributed by atoms with E-state index in [1.807, 2.05) is 0 Å². The van der Waals surface area contributed by atoms with Crippen molar-refractivity contribution in [3.05, 3.63) is 50.4 Å². The minimum Gasteiger partial charge on any atom is -0.445 e. The monoisotopic (exact) mass is 305 g/mol. The molecule has 1 saturated heterocycles. The van der Waals surface area contributed by atoms with Crippen molar-refractivity contribution in [2.45, 2.75) is 12.5 Å². The Morgan fingerprint density at radius 2 is 2.23 bits per heavy atom. The van der Waals surface area contributed by atoms with Gasteiger partial charge in [0.05, 0.1) is 16.9 Å². The Morgan fingerprint density at radius 3 is 2.86 bits per heavy atom. The Hall–Kier alpha value is -3.46. The number of hydrogen-bond donors (Lipinski definition) is 0. The number of carbonyl (C=O) groups is 3. The maximum Gasteiger partial charge on any atom is 0.361 e. The van der Waals surface area contributed by atoms with Gasteiger partial charge in [-0.2, -0.15) is 4.91 Å². The Labute approximate surface area is 121 Å². The van der Waals surface area contributed by atoms with E-state index in [9.17, 15) is 24.5 Å². The highest BCUT2D eigenvalue weighted by Gasteiger charge is 2.46. The molecule has 2 amide bonds. The number of nitro groups is 1. The smallest absolute Gasteiger partial charge is 0.361 e. The molecule has 1 unspecified atom stereocenters. The Morgan fingerprint density at radius 1 is 1.50 bits per heavy atom. The number of nitrogens with zero attached hydrogens (tertiary/aromatic N) is 5. The highest BCUT2D eigenvalue weighted by molar-refractivity contribution is 6.06. The van der Waals surface area contributed by atoms with Crippen molar-refractivity contribution in [1.82, 2.24) is 5.01 Å². The summed E-state index contributed by atoms with van der Waals surface area (Å²) in [5, 5.41) is 13.8. The maximum absolute atomic E-state index is 11.9.